The topological polar surface area (TPSA) is 80.0 Å². The van der Waals surface area contributed by atoms with Gasteiger partial charge in [0.15, 0.2) is 0 Å². The van der Waals surface area contributed by atoms with Crippen molar-refractivity contribution in [1.29, 1.82) is 0 Å². The Morgan fingerprint density at radius 2 is 1.91 bits per heavy atom. The van der Waals surface area contributed by atoms with E-state index in [1.807, 2.05) is 39.0 Å². The number of benzene rings is 1. The van der Waals surface area contributed by atoms with Crippen LogP contribution in [0.2, 0.25) is 0 Å². The Kier molecular flexibility index (Phi) is 6.51. The van der Waals surface area contributed by atoms with Crippen molar-refractivity contribution in [2.75, 3.05) is 13.2 Å². The molecular weight excluding hydrogens is 406 g/mol. The first-order valence-corrected chi connectivity index (χ1v) is 11.5. The van der Waals surface area contributed by atoms with Crippen molar-refractivity contribution >= 4 is 17.4 Å². The van der Waals surface area contributed by atoms with Gasteiger partial charge in [-0.25, -0.2) is 0 Å². The first kappa shape index (κ1) is 22.3. The zero-order valence-corrected chi connectivity index (χ0v) is 19.0. The minimum atomic E-state index is -0.751. The normalized spacial score (nSPS) is 20.2. The number of aliphatic hydroxyl groups is 1. The summed E-state index contributed by atoms with van der Waals surface area (Å²) < 4.78 is 11.4. The first-order chi connectivity index (χ1) is 15.4. The van der Waals surface area contributed by atoms with Crippen LogP contribution in [0.1, 0.15) is 67.4 Å². The van der Waals surface area contributed by atoms with E-state index in [4.69, 9.17) is 9.15 Å². The van der Waals surface area contributed by atoms with Crippen molar-refractivity contribution in [3.63, 3.8) is 0 Å². The van der Waals surface area contributed by atoms with Gasteiger partial charge in [0.2, 0.25) is 0 Å². The molecule has 1 saturated heterocycles. The largest absolute Gasteiger partial charge is 0.507 e. The molecule has 0 bridgehead atoms. The molecular formula is C26H31NO5. The van der Waals surface area contributed by atoms with Crippen LogP contribution in [0.3, 0.4) is 0 Å². The van der Waals surface area contributed by atoms with Gasteiger partial charge in [0, 0.05) is 18.7 Å². The lowest BCUT2D eigenvalue weighted by Gasteiger charge is -2.23. The molecule has 1 unspecified atom stereocenters. The van der Waals surface area contributed by atoms with Crippen molar-refractivity contribution in [1.82, 2.24) is 4.90 Å². The molecule has 0 radical (unpaired) electrons. The summed E-state index contributed by atoms with van der Waals surface area (Å²) in [6.45, 7) is 6.54. The number of ether oxygens (including phenoxy) is 1. The van der Waals surface area contributed by atoms with Crippen molar-refractivity contribution in [2.45, 2.75) is 65.0 Å². The number of likely N-dealkylation sites (tertiary alicyclic amines) is 1. The molecule has 1 atom stereocenters. The van der Waals surface area contributed by atoms with E-state index in [-0.39, 0.29) is 17.4 Å². The molecule has 1 fully saturated rings. The van der Waals surface area contributed by atoms with Crippen LogP contribution >= 0.6 is 0 Å². The van der Waals surface area contributed by atoms with E-state index >= 15 is 0 Å². The predicted octanol–water partition coefficient (Wildman–Crippen LogP) is 4.70. The molecule has 1 aliphatic carbocycles. The Balaban J connectivity index is 1.71. The van der Waals surface area contributed by atoms with Gasteiger partial charge in [-0.05, 0) is 82.2 Å². The number of hydrogen-bond donors (Lipinski definition) is 1. The van der Waals surface area contributed by atoms with Crippen LogP contribution in [0.4, 0.5) is 0 Å². The summed E-state index contributed by atoms with van der Waals surface area (Å²) >= 11 is 0. The zero-order valence-electron chi connectivity index (χ0n) is 19.0. The third-order valence-corrected chi connectivity index (χ3v) is 6.19. The van der Waals surface area contributed by atoms with E-state index in [9.17, 15) is 14.7 Å². The number of fused-ring (bicyclic) bond motifs is 1. The Morgan fingerprint density at radius 3 is 2.59 bits per heavy atom. The molecule has 32 heavy (non-hydrogen) atoms. The lowest BCUT2D eigenvalue weighted by atomic mass is 9.89. The number of rotatable bonds is 7. The van der Waals surface area contributed by atoms with E-state index in [0.29, 0.717) is 36.7 Å². The SMILES string of the molecule is Cc1ccc(C2/C(=C(/O)c3ccc4c(c3)CCCC4)C(=O)C(=O)N2CCCOC(C)C)o1. The number of furan rings is 1. The monoisotopic (exact) mass is 437 g/mol. The van der Waals surface area contributed by atoms with Crippen LogP contribution in [-0.4, -0.2) is 41.0 Å². The van der Waals surface area contributed by atoms with Crippen LogP contribution in [0.25, 0.3) is 5.76 Å². The Hall–Kier alpha value is -2.86. The van der Waals surface area contributed by atoms with E-state index in [2.05, 4.69) is 0 Å². The second-order valence-electron chi connectivity index (χ2n) is 8.90. The quantitative estimate of drug-likeness (QED) is 0.294. The van der Waals surface area contributed by atoms with Gasteiger partial charge in [-0.3, -0.25) is 9.59 Å². The van der Waals surface area contributed by atoms with Crippen molar-refractivity contribution in [3.05, 3.63) is 64.1 Å². The number of carbonyl (C=O) groups excluding carboxylic acids is 2. The predicted molar refractivity (Wildman–Crippen MR) is 121 cm³/mol. The molecule has 4 rings (SSSR count). The zero-order chi connectivity index (χ0) is 22.8. The lowest BCUT2D eigenvalue weighted by Crippen LogP contribution is -2.31. The van der Waals surface area contributed by atoms with Crippen LogP contribution in [0.5, 0.6) is 0 Å². The average molecular weight is 438 g/mol. The summed E-state index contributed by atoms with van der Waals surface area (Å²) in [6.07, 6.45) is 4.96. The van der Waals surface area contributed by atoms with Gasteiger partial charge >= 0.3 is 0 Å². The van der Waals surface area contributed by atoms with Gasteiger partial charge in [0.1, 0.15) is 23.3 Å². The van der Waals surface area contributed by atoms with Crippen LogP contribution in [0, 0.1) is 6.92 Å². The lowest BCUT2D eigenvalue weighted by molar-refractivity contribution is -0.140. The number of amides is 1. The third-order valence-electron chi connectivity index (χ3n) is 6.19. The fourth-order valence-electron chi connectivity index (χ4n) is 4.60. The molecule has 1 aliphatic heterocycles. The van der Waals surface area contributed by atoms with Crippen molar-refractivity contribution in [3.8, 4) is 0 Å². The summed E-state index contributed by atoms with van der Waals surface area (Å²) in [4.78, 5) is 27.5. The maximum absolute atomic E-state index is 13.1. The summed E-state index contributed by atoms with van der Waals surface area (Å²) in [6, 6.07) is 8.64. The number of ketones is 1. The molecule has 1 amide bonds. The van der Waals surface area contributed by atoms with Crippen LogP contribution < -0.4 is 0 Å². The summed E-state index contributed by atoms with van der Waals surface area (Å²) in [7, 11) is 0. The van der Waals surface area contributed by atoms with E-state index < -0.39 is 17.7 Å². The fourth-order valence-corrected chi connectivity index (χ4v) is 4.60. The molecule has 0 spiro atoms. The summed E-state index contributed by atoms with van der Waals surface area (Å²) in [5.74, 6) is -0.276. The van der Waals surface area contributed by atoms with Gasteiger partial charge in [-0.2, -0.15) is 0 Å². The van der Waals surface area contributed by atoms with E-state index in [0.717, 1.165) is 19.3 Å². The van der Waals surface area contributed by atoms with Crippen LogP contribution in [0.15, 0.2) is 40.3 Å². The molecule has 2 aliphatic rings. The maximum atomic E-state index is 13.1. The van der Waals surface area contributed by atoms with Gasteiger partial charge < -0.3 is 19.2 Å². The molecule has 170 valence electrons. The van der Waals surface area contributed by atoms with Gasteiger partial charge in [0.05, 0.1) is 11.7 Å². The number of nitrogens with zero attached hydrogens (tertiary/aromatic N) is 1. The van der Waals surface area contributed by atoms with Gasteiger partial charge in [-0.15, -0.1) is 0 Å². The Bertz CT molecular complexity index is 1050. The smallest absolute Gasteiger partial charge is 0.295 e. The minimum Gasteiger partial charge on any atom is -0.507 e. The highest BCUT2D eigenvalue weighted by molar-refractivity contribution is 6.46. The first-order valence-electron chi connectivity index (χ1n) is 11.5. The van der Waals surface area contributed by atoms with Crippen LogP contribution in [-0.2, 0) is 27.2 Å². The molecule has 6 heteroatoms. The number of Topliss-reactive ketones (excluding diaryl/α,β-unsaturated/α-hetero) is 1. The maximum Gasteiger partial charge on any atom is 0.295 e. The highest BCUT2D eigenvalue weighted by atomic mass is 16.5. The standard InChI is InChI=1S/C26H31NO5/c1-16(2)31-14-6-13-27-23(21-12-9-17(3)32-21)22(25(29)26(27)30)24(28)20-11-10-18-7-4-5-8-19(18)15-20/h9-12,15-16,23,28H,4-8,13-14H2,1-3H3/b24-22-. The summed E-state index contributed by atoms with van der Waals surface area (Å²) in [5.41, 5.74) is 3.15. The summed E-state index contributed by atoms with van der Waals surface area (Å²) in [5, 5.41) is 11.2. The third kappa shape index (κ3) is 4.37. The Morgan fingerprint density at radius 1 is 1.16 bits per heavy atom. The molecule has 6 nitrogen and oxygen atoms in total. The average Bonchev–Trinajstić information content (AvgIpc) is 3.31. The highest BCUT2D eigenvalue weighted by Gasteiger charge is 2.47. The molecule has 2 aromatic rings. The fraction of sp³-hybridized carbons (Fsp3) is 0.462. The number of aliphatic hydroxyl groups excluding tert-OH is 1. The van der Waals surface area contributed by atoms with Gasteiger partial charge in [-0.1, -0.05) is 12.1 Å². The molecule has 1 aromatic carbocycles. The van der Waals surface area contributed by atoms with E-state index in [1.165, 1.54) is 22.4 Å². The van der Waals surface area contributed by atoms with Crippen molar-refractivity contribution < 1.29 is 23.8 Å². The molecule has 2 heterocycles. The van der Waals surface area contributed by atoms with Crippen molar-refractivity contribution in [2.24, 2.45) is 0 Å². The Labute approximate surface area is 188 Å². The number of aryl methyl sites for hydroxylation is 3. The molecule has 1 N–H and O–H groups in total. The molecule has 0 saturated carbocycles. The second kappa shape index (κ2) is 9.33. The second-order valence-corrected chi connectivity index (χ2v) is 8.90. The number of carbonyl (C=O) groups is 2. The van der Waals surface area contributed by atoms with Gasteiger partial charge in [0.25, 0.3) is 11.7 Å². The molecule has 1 aromatic heterocycles. The number of hydrogen-bond acceptors (Lipinski definition) is 5. The minimum absolute atomic E-state index is 0.0879. The van der Waals surface area contributed by atoms with E-state index in [1.54, 1.807) is 12.1 Å². The highest BCUT2D eigenvalue weighted by Crippen LogP contribution is 2.40.